The van der Waals surface area contributed by atoms with Gasteiger partial charge < -0.3 is 66.0 Å². The van der Waals surface area contributed by atoms with Gasteiger partial charge in [0.05, 0.1) is 79.6 Å². The molecule has 2 saturated heterocycles. The number of carboxylic acids is 1. The molecule has 0 radical (unpaired) electrons. The monoisotopic (exact) mass is 902 g/mol. The van der Waals surface area contributed by atoms with Gasteiger partial charge in [0, 0.05) is 67.3 Å². The minimum Gasteiger partial charge on any atom is -0.507 e. The topological polar surface area (TPSA) is 331 Å². The Morgan fingerprint density at radius 2 is 1.79 bits per heavy atom. The predicted octanol–water partition coefficient (Wildman–Crippen LogP) is -1.57. The van der Waals surface area contributed by atoms with Crippen LogP contribution in [0.2, 0.25) is 0 Å². The highest BCUT2D eigenvalue weighted by Crippen LogP contribution is 2.52. The van der Waals surface area contributed by atoms with E-state index in [0.29, 0.717) is 0 Å². The number of aliphatic hydroxyl groups excluding tert-OH is 2. The zero-order valence-electron chi connectivity index (χ0n) is 34.4. The molecule has 6 rings (SSSR count). The van der Waals surface area contributed by atoms with Crippen LogP contribution in [-0.2, 0) is 44.6 Å². The third kappa shape index (κ3) is 9.73. The number of aliphatic carboxylic acids is 1. The van der Waals surface area contributed by atoms with E-state index in [2.05, 4.69) is 10.6 Å². The minimum atomic E-state index is -2.34. The highest BCUT2D eigenvalue weighted by molar-refractivity contribution is 8.00. The number of nitrogens with one attached hydrogen (secondary N) is 2. The van der Waals surface area contributed by atoms with Gasteiger partial charge in [-0.2, -0.15) is 0 Å². The molecule has 342 valence electrons. The number of methoxy groups -OCH3 is 1. The lowest BCUT2D eigenvalue weighted by molar-refractivity contribution is -0.250. The number of phenols is 2. The molecule has 8 atom stereocenters. The lowest BCUT2D eigenvalue weighted by atomic mass is 9.72. The number of ether oxygens (including phenoxy) is 4. The summed E-state index contributed by atoms with van der Waals surface area (Å²) in [5, 5.41) is 69.5. The number of amides is 3. The molecule has 4 aliphatic rings. The molecule has 0 bridgehead atoms. The number of rotatable bonds is 19. The quantitative estimate of drug-likeness (QED) is 0.0373. The van der Waals surface area contributed by atoms with Crippen molar-refractivity contribution in [2.75, 3.05) is 52.3 Å². The smallest absolute Gasteiger partial charge is 0.305 e. The summed E-state index contributed by atoms with van der Waals surface area (Å²) in [4.78, 5) is 89.9. The van der Waals surface area contributed by atoms with Crippen molar-refractivity contribution in [3.63, 3.8) is 0 Å². The molecule has 2 aromatic rings. The van der Waals surface area contributed by atoms with Crippen LogP contribution in [0, 0.1) is 0 Å². The van der Waals surface area contributed by atoms with Crippen LogP contribution in [0.4, 0.5) is 0 Å². The van der Waals surface area contributed by atoms with Gasteiger partial charge in [-0.25, -0.2) is 0 Å². The average molecular weight is 903 g/mol. The normalized spacial score (nSPS) is 25.9. The number of carboxylic acid groups (broad SMARTS) is 1. The van der Waals surface area contributed by atoms with Crippen molar-refractivity contribution >= 4 is 52.8 Å². The largest absolute Gasteiger partial charge is 0.507 e. The highest BCUT2D eigenvalue weighted by Gasteiger charge is 2.50. The van der Waals surface area contributed by atoms with E-state index in [1.165, 1.54) is 37.1 Å². The van der Waals surface area contributed by atoms with Gasteiger partial charge in [0.25, 0.3) is 0 Å². The first-order chi connectivity index (χ1) is 29.9. The Morgan fingerprint density at radius 1 is 1.06 bits per heavy atom. The van der Waals surface area contributed by atoms with Crippen LogP contribution in [0.3, 0.4) is 0 Å². The minimum absolute atomic E-state index is 0.00953. The summed E-state index contributed by atoms with van der Waals surface area (Å²) in [5.74, 6) is -6.43. The van der Waals surface area contributed by atoms with Gasteiger partial charge in [-0.3, -0.25) is 38.5 Å². The molecule has 0 saturated carbocycles. The molecule has 63 heavy (non-hydrogen) atoms. The maximum atomic E-state index is 14.0. The molecule has 0 aromatic heterocycles. The summed E-state index contributed by atoms with van der Waals surface area (Å²) in [6.45, 7) is 0.882. The standard InChI is InChI=1S/C41H50N4O17S/c1-18-34(51)22(43-6-9-60-10-8-45-27(48)14-25(40(45)57)63-11-7-44-39(56)21(42)12-28(49)50)13-29(61-18)62-24-16-41(58,26(47)17-46)15-20-31(24)38(55)33-32(36(20)53)35(52)19-4-3-5-23(59-2)30(19)37(33)54/h3-5,18,21-22,24-25,29,34,43,46,51,53,55,58H,6-17,42H2,1-2H3,(H,44,56)(H,49,50)/t18-,21-,22-,24-,25?,29-,34+,41-/m0/s1. The summed E-state index contributed by atoms with van der Waals surface area (Å²) < 4.78 is 23.2. The maximum Gasteiger partial charge on any atom is 0.305 e. The molecule has 21 nitrogen and oxygen atoms in total. The van der Waals surface area contributed by atoms with Crippen LogP contribution < -0.4 is 21.1 Å². The number of aliphatic hydroxyl groups is 3. The number of hydrogen-bond donors (Lipinski definition) is 9. The number of phenolic OH excluding ortho intramolecular Hbond substituents is 2. The van der Waals surface area contributed by atoms with Crippen LogP contribution in [0.15, 0.2) is 18.2 Å². The fourth-order valence-corrected chi connectivity index (χ4v) is 9.33. The van der Waals surface area contributed by atoms with Gasteiger partial charge in [0.1, 0.15) is 29.5 Å². The number of likely N-dealkylation sites (tertiary alicyclic amines) is 1. The van der Waals surface area contributed by atoms with Gasteiger partial charge in [0.2, 0.25) is 23.5 Å². The summed E-state index contributed by atoms with van der Waals surface area (Å²) >= 11 is 1.18. The van der Waals surface area contributed by atoms with Crippen molar-refractivity contribution in [3.05, 3.63) is 51.6 Å². The van der Waals surface area contributed by atoms with E-state index in [1.54, 1.807) is 6.92 Å². The molecule has 2 aromatic carbocycles. The van der Waals surface area contributed by atoms with Gasteiger partial charge in [-0.1, -0.05) is 12.1 Å². The third-order valence-electron chi connectivity index (χ3n) is 11.5. The first-order valence-corrected chi connectivity index (χ1v) is 21.2. The van der Waals surface area contributed by atoms with Crippen molar-refractivity contribution < 1.29 is 83.1 Å². The van der Waals surface area contributed by atoms with E-state index < -0.39 is 131 Å². The first kappa shape index (κ1) is 47.4. The number of Topliss-reactive ketones (excluding diaryl/α,β-unsaturated/α-hetero) is 1. The predicted molar refractivity (Wildman–Crippen MR) is 217 cm³/mol. The Balaban J connectivity index is 1.06. The number of aromatic hydroxyl groups is 2. The van der Waals surface area contributed by atoms with E-state index in [1.807, 2.05) is 0 Å². The zero-order chi connectivity index (χ0) is 45.9. The average Bonchev–Trinajstić information content (AvgIpc) is 3.51. The summed E-state index contributed by atoms with van der Waals surface area (Å²) in [7, 11) is 1.30. The summed E-state index contributed by atoms with van der Waals surface area (Å²) in [6, 6.07) is 2.40. The summed E-state index contributed by atoms with van der Waals surface area (Å²) in [5.41, 5.74) is 1.48. The number of hydrogen-bond acceptors (Lipinski definition) is 19. The number of thioether (sulfide) groups is 1. The molecule has 2 fully saturated rings. The molecule has 22 heteroatoms. The second-order valence-electron chi connectivity index (χ2n) is 15.6. The Labute approximate surface area is 364 Å². The van der Waals surface area contributed by atoms with Crippen molar-refractivity contribution in [1.82, 2.24) is 15.5 Å². The SMILES string of the molecule is COc1cccc2c1C(=O)c1c(O)c3c(c(O)c1C2=O)C[C@@](O)(C(=O)CO)C[C@@H]3O[C@H]1C[C@H](NCCOCCN2C(=O)CC(SCCNC(=O)[C@@H](N)CC(=O)O)C2=O)[C@H](O)[C@H](C)O1. The lowest BCUT2D eigenvalue weighted by Gasteiger charge is -2.43. The van der Waals surface area contributed by atoms with E-state index in [9.17, 15) is 59.1 Å². The van der Waals surface area contributed by atoms with E-state index in [4.69, 9.17) is 29.8 Å². The number of nitrogens with zero attached hydrogens (tertiary/aromatic N) is 1. The molecule has 2 aliphatic heterocycles. The van der Waals surface area contributed by atoms with Crippen LogP contribution in [0.25, 0.3) is 0 Å². The van der Waals surface area contributed by atoms with E-state index in [-0.39, 0.29) is 85.4 Å². The highest BCUT2D eigenvalue weighted by atomic mass is 32.2. The number of imide groups is 1. The van der Waals surface area contributed by atoms with Crippen LogP contribution in [0.1, 0.15) is 81.7 Å². The van der Waals surface area contributed by atoms with Crippen molar-refractivity contribution in [1.29, 1.82) is 0 Å². The van der Waals surface area contributed by atoms with Crippen molar-refractivity contribution in [2.24, 2.45) is 5.73 Å². The molecule has 1 unspecified atom stereocenters. The zero-order valence-corrected chi connectivity index (χ0v) is 35.2. The van der Waals surface area contributed by atoms with Gasteiger partial charge in [-0.05, 0) is 13.0 Å². The molecule has 0 spiro atoms. The van der Waals surface area contributed by atoms with Crippen molar-refractivity contribution in [2.45, 2.75) is 86.6 Å². The Kier molecular flexibility index (Phi) is 14.9. The Morgan fingerprint density at radius 3 is 2.49 bits per heavy atom. The Bertz CT molecular complexity index is 2170. The van der Waals surface area contributed by atoms with E-state index >= 15 is 0 Å². The molecular weight excluding hydrogens is 853 g/mol. The Hall–Kier alpha value is -5.04. The first-order valence-electron chi connectivity index (χ1n) is 20.2. The second kappa shape index (κ2) is 19.8. The maximum absolute atomic E-state index is 14.0. The number of benzene rings is 2. The van der Waals surface area contributed by atoms with Crippen LogP contribution in [0.5, 0.6) is 17.2 Å². The van der Waals surface area contributed by atoms with Gasteiger partial charge >= 0.3 is 5.97 Å². The fraction of sp³-hybridized carbons (Fsp3) is 0.537. The number of fused-ring (bicyclic) bond motifs is 3. The third-order valence-corrected chi connectivity index (χ3v) is 12.7. The second-order valence-corrected chi connectivity index (χ2v) is 16.9. The number of nitrogens with two attached hydrogens (primary N) is 1. The molecule has 10 N–H and O–H groups in total. The van der Waals surface area contributed by atoms with Crippen LogP contribution in [-0.4, -0.2) is 170 Å². The molecule has 3 amide bonds. The number of ketones is 3. The summed E-state index contributed by atoms with van der Waals surface area (Å²) in [6.07, 6.45) is -6.32. The number of carbonyl (C=O) groups excluding carboxylic acids is 6. The lowest BCUT2D eigenvalue weighted by Crippen LogP contribution is -2.55. The fourth-order valence-electron chi connectivity index (χ4n) is 8.30. The molecular formula is C41H50N4O17S. The van der Waals surface area contributed by atoms with Crippen LogP contribution >= 0.6 is 11.8 Å². The van der Waals surface area contributed by atoms with E-state index in [0.717, 1.165) is 4.90 Å². The van der Waals surface area contributed by atoms with Gasteiger partial charge in [0.15, 0.2) is 17.9 Å². The molecule has 2 aliphatic carbocycles. The van der Waals surface area contributed by atoms with Gasteiger partial charge in [-0.15, -0.1) is 11.8 Å². The van der Waals surface area contributed by atoms with Crippen molar-refractivity contribution in [3.8, 4) is 17.2 Å². The molecule has 2 heterocycles. The number of carbonyl (C=O) groups is 7.